The Bertz CT molecular complexity index is 630. The van der Waals surface area contributed by atoms with Crippen LogP contribution >= 0.6 is 0 Å². The summed E-state index contributed by atoms with van der Waals surface area (Å²) in [5, 5.41) is 4.45. The molecule has 0 radical (unpaired) electrons. The van der Waals surface area contributed by atoms with E-state index in [2.05, 4.69) is 5.32 Å². The van der Waals surface area contributed by atoms with Gasteiger partial charge in [-0.3, -0.25) is 24.6 Å². The average Bonchev–Trinajstić information content (AvgIpc) is 3.30. The highest BCUT2D eigenvalue weighted by Crippen LogP contribution is 2.42. The number of amides is 6. The van der Waals surface area contributed by atoms with E-state index in [9.17, 15) is 24.0 Å². The quantitative estimate of drug-likeness (QED) is 0.431. The van der Waals surface area contributed by atoms with Crippen molar-refractivity contribution in [3.63, 3.8) is 0 Å². The predicted molar refractivity (Wildman–Crippen MR) is 83.8 cm³/mol. The zero-order chi connectivity index (χ0) is 18.9. The van der Waals surface area contributed by atoms with Gasteiger partial charge in [0.25, 0.3) is 11.8 Å². The first-order chi connectivity index (χ1) is 11.6. The number of ether oxygens (including phenoxy) is 1. The number of imide groups is 2. The van der Waals surface area contributed by atoms with Crippen molar-refractivity contribution in [3.8, 4) is 0 Å². The highest BCUT2D eigenvalue weighted by atomic mass is 16.5. The molecule has 1 saturated heterocycles. The first-order valence-electron chi connectivity index (χ1n) is 8.00. The predicted octanol–water partition coefficient (Wildman–Crippen LogP) is -0.530. The molecule has 0 spiro atoms. The Labute approximate surface area is 144 Å². The summed E-state index contributed by atoms with van der Waals surface area (Å²) in [6, 6.07) is -1.74. The number of carbonyl (C=O) groups is 5. The molecule has 0 aromatic heterocycles. The van der Waals surface area contributed by atoms with E-state index in [0.29, 0.717) is 0 Å². The van der Waals surface area contributed by atoms with Gasteiger partial charge in [0, 0.05) is 0 Å². The lowest BCUT2D eigenvalue weighted by molar-refractivity contribution is -0.159. The second-order valence-electron chi connectivity index (χ2n) is 6.81. The van der Waals surface area contributed by atoms with E-state index in [-0.39, 0.29) is 5.92 Å². The lowest BCUT2D eigenvalue weighted by Gasteiger charge is -2.22. The smallest absolute Gasteiger partial charge is 0.327 e. The van der Waals surface area contributed by atoms with Gasteiger partial charge in [-0.05, 0) is 31.6 Å². The molecule has 1 aliphatic carbocycles. The van der Waals surface area contributed by atoms with Gasteiger partial charge in [-0.1, -0.05) is 13.8 Å². The molecule has 25 heavy (non-hydrogen) atoms. The number of nitrogens with two attached hydrogens (primary N) is 1. The summed E-state index contributed by atoms with van der Waals surface area (Å²) in [6.07, 6.45) is 0.406. The number of primary amides is 1. The Kier molecular flexibility index (Phi) is 5.00. The van der Waals surface area contributed by atoms with Crippen LogP contribution in [0.2, 0.25) is 0 Å². The van der Waals surface area contributed by atoms with Gasteiger partial charge in [-0.15, -0.1) is 0 Å². The molecule has 10 nitrogen and oxygen atoms in total. The number of hydrogen-bond donors (Lipinski definition) is 3. The van der Waals surface area contributed by atoms with Crippen molar-refractivity contribution in [2.24, 2.45) is 17.6 Å². The monoisotopic (exact) mass is 354 g/mol. The van der Waals surface area contributed by atoms with Crippen molar-refractivity contribution in [1.82, 2.24) is 15.5 Å². The number of carbonyl (C=O) groups excluding carboxylic acids is 5. The summed E-state index contributed by atoms with van der Waals surface area (Å²) >= 11 is 0. The molecule has 4 N–H and O–H groups in total. The minimum atomic E-state index is -1.27. The summed E-state index contributed by atoms with van der Waals surface area (Å²) in [5.41, 5.74) is 3.88. The highest BCUT2D eigenvalue weighted by molar-refractivity contribution is 6.09. The van der Waals surface area contributed by atoms with Gasteiger partial charge in [0.15, 0.2) is 6.10 Å². The van der Waals surface area contributed by atoms with E-state index in [1.54, 1.807) is 20.8 Å². The van der Waals surface area contributed by atoms with Crippen LogP contribution in [0.15, 0.2) is 0 Å². The fourth-order valence-corrected chi connectivity index (χ4v) is 2.79. The first-order valence-corrected chi connectivity index (χ1v) is 8.00. The Balaban J connectivity index is 2.00. The molecule has 138 valence electrons. The lowest BCUT2D eigenvalue weighted by atomic mass is 9.96. The van der Waals surface area contributed by atoms with E-state index >= 15 is 0 Å². The number of nitrogens with one attached hydrogen (secondary N) is 2. The Morgan fingerprint density at radius 3 is 2.44 bits per heavy atom. The maximum Gasteiger partial charge on any atom is 0.327 e. The third kappa shape index (κ3) is 3.89. The van der Waals surface area contributed by atoms with Crippen LogP contribution < -0.4 is 16.4 Å². The topological polar surface area (TPSA) is 148 Å². The summed E-state index contributed by atoms with van der Waals surface area (Å²) in [5.74, 6) is -2.66. The van der Waals surface area contributed by atoms with Crippen molar-refractivity contribution < 1.29 is 28.7 Å². The van der Waals surface area contributed by atoms with Gasteiger partial charge in [0.1, 0.15) is 12.1 Å². The molecule has 0 aromatic carbocycles. The molecule has 1 heterocycles. The Hall–Kier alpha value is -2.65. The number of urea groups is 2. The summed E-state index contributed by atoms with van der Waals surface area (Å²) in [7, 11) is 0. The molecule has 2 fully saturated rings. The van der Waals surface area contributed by atoms with Crippen molar-refractivity contribution >= 4 is 29.8 Å². The standard InChI is InChI=1S/C15H22N4O6/c1-7(2)10(11(21)17-13(16)23)25-9(20)6-19-12(22)15(3,8-4-5-8)18-14(19)24/h7-8,10H,4-6H2,1-3H3,(H,18,24)(H3,16,17,21,23)/t10-,15+/m0/s1. The third-order valence-electron chi connectivity index (χ3n) is 4.35. The number of nitrogens with zero attached hydrogens (tertiary/aromatic N) is 1. The molecule has 0 unspecified atom stereocenters. The fraction of sp³-hybridized carbons (Fsp3) is 0.667. The van der Waals surface area contributed by atoms with Crippen molar-refractivity contribution in [3.05, 3.63) is 0 Å². The summed E-state index contributed by atoms with van der Waals surface area (Å²) in [6.45, 7) is 4.24. The average molecular weight is 354 g/mol. The van der Waals surface area contributed by atoms with Crippen LogP contribution in [0.3, 0.4) is 0 Å². The SMILES string of the molecule is CC(C)[C@H](OC(=O)CN1C(=O)N[C@](C)(C2CC2)C1=O)C(=O)NC(N)=O. The molecule has 2 rings (SSSR count). The molecule has 0 bridgehead atoms. The van der Waals surface area contributed by atoms with Gasteiger partial charge in [-0.2, -0.15) is 0 Å². The van der Waals surface area contributed by atoms with Gasteiger partial charge >= 0.3 is 18.0 Å². The zero-order valence-corrected chi connectivity index (χ0v) is 14.3. The van der Waals surface area contributed by atoms with Gasteiger partial charge < -0.3 is 15.8 Å². The van der Waals surface area contributed by atoms with E-state index < -0.39 is 54.0 Å². The molecule has 0 aromatic rings. The molecule has 2 aliphatic rings. The molecule has 6 amide bonds. The largest absolute Gasteiger partial charge is 0.451 e. The van der Waals surface area contributed by atoms with Crippen molar-refractivity contribution in [1.29, 1.82) is 0 Å². The van der Waals surface area contributed by atoms with Crippen LogP contribution in [0.4, 0.5) is 9.59 Å². The fourth-order valence-electron chi connectivity index (χ4n) is 2.79. The Morgan fingerprint density at radius 1 is 1.36 bits per heavy atom. The van der Waals surface area contributed by atoms with Gasteiger partial charge in [0.05, 0.1) is 0 Å². The van der Waals surface area contributed by atoms with Crippen LogP contribution in [-0.2, 0) is 19.1 Å². The summed E-state index contributed by atoms with van der Waals surface area (Å²) in [4.78, 5) is 60.0. The van der Waals surface area contributed by atoms with Gasteiger partial charge in [-0.25, -0.2) is 9.59 Å². The van der Waals surface area contributed by atoms with Crippen LogP contribution in [0.1, 0.15) is 33.6 Å². The molecule has 10 heteroatoms. The molecule has 1 aliphatic heterocycles. The molecular weight excluding hydrogens is 332 g/mol. The molecule has 2 atom stereocenters. The number of esters is 1. The van der Waals surface area contributed by atoms with Crippen LogP contribution in [-0.4, -0.2) is 52.9 Å². The van der Waals surface area contributed by atoms with Crippen molar-refractivity contribution in [2.75, 3.05) is 6.54 Å². The number of hydrogen-bond acceptors (Lipinski definition) is 6. The second-order valence-corrected chi connectivity index (χ2v) is 6.81. The van der Waals surface area contributed by atoms with Gasteiger partial charge in [0.2, 0.25) is 0 Å². The van der Waals surface area contributed by atoms with Crippen LogP contribution in [0.5, 0.6) is 0 Å². The lowest BCUT2D eigenvalue weighted by Crippen LogP contribution is -2.48. The number of rotatable bonds is 6. The Morgan fingerprint density at radius 2 is 1.96 bits per heavy atom. The maximum atomic E-state index is 12.4. The normalized spacial score (nSPS) is 24.1. The first kappa shape index (κ1) is 18.7. The summed E-state index contributed by atoms with van der Waals surface area (Å²) < 4.78 is 5.04. The second kappa shape index (κ2) is 6.69. The van der Waals surface area contributed by atoms with Crippen molar-refractivity contribution in [2.45, 2.75) is 45.3 Å². The highest BCUT2D eigenvalue weighted by Gasteiger charge is 2.56. The molecule has 1 saturated carbocycles. The van der Waals surface area contributed by atoms with Crippen LogP contribution in [0, 0.1) is 11.8 Å². The van der Waals surface area contributed by atoms with E-state index in [1.165, 1.54) is 0 Å². The third-order valence-corrected chi connectivity index (χ3v) is 4.35. The zero-order valence-electron chi connectivity index (χ0n) is 14.3. The van der Waals surface area contributed by atoms with Crippen LogP contribution in [0.25, 0.3) is 0 Å². The van der Waals surface area contributed by atoms with E-state index in [4.69, 9.17) is 10.5 Å². The minimum absolute atomic E-state index is 0.0646. The minimum Gasteiger partial charge on any atom is -0.451 e. The van der Waals surface area contributed by atoms with E-state index in [1.807, 2.05) is 5.32 Å². The van der Waals surface area contributed by atoms with E-state index in [0.717, 1.165) is 17.7 Å². The molecular formula is C15H22N4O6. The maximum absolute atomic E-state index is 12.4.